The van der Waals surface area contributed by atoms with E-state index in [1.807, 2.05) is 0 Å². The number of hydrogen-bond donors (Lipinski definition) is 1. The lowest BCUT2D eigenvalue weighted by Gasteiger charge is -2.00. The highest BCUT2D eigenvalue weighted by Crippen LogP contribution is 2.28. The van der Waals surface area contributed by atoms with Crippen LogP contribution < -0.4 is 10.5 Å². The van der Waals surface area contributed by atoms with E-state index in [0.29, 0.717) is 15.9 Å². The second-order valence-corrected chi connectivity index (χ2v) is 3.46. The third-order valence-electron chi connectivity index (χ3n) is 1.42. The molecule has 0 fully saturated rings. The van der Waals surface area contributed by atoms with Crippen LogP contribution in [0.5, 0.6) is 10.8 Å². The van der Waals surface area contributed by atoms with Crippen LogP contribution in [0, 0.1) is 5.95 Å². The maximum Gasteiger partial charge on any atom is 0.216 e. The molecule has 0 saturated heterocycles. The molecule has 0 unspecified atom stereocenters. The molecule has 0 spiro atoms. The molecule has 0 aromatic carbocycles. The smallest absolute Gasteiger partial charge is 0.216 e. The molecule has 2 aromatic rings. The van der Waals surface area contributed by atoms with Gasteiger partial charge in [-0.15, -0.1) is 0 Å². The Morgan fingerprint density at radius 2 is 2.29 bits per heavy atom. The Morgan fingerprint density at radius 1 is 1.43 bits per heavy atom. The number of aromatic nitrogens is 2. The van der Waals surface area contributed by atoms with E-state index >= 15 is 0 Å². The lowest BCUT2D eigenvalue weighted by atomic mass is 10.4. The highest BCUT2D eigenvalue weighted by molar-refractivity contribution is 7.17. The van der Waals surface area contributed by atoms with Crippen LogP contribution >= 0.6 is 11.3 Å². The van der Waals surface area contributed by atoms with Crippen molar-refractivity contribution in [3.63, 3.8) is 0 Å². The van der Waals surface area contributed by atoms with Crippen LogP contribution in [0.25, 0.3) is 0 Å². The van der Waals surface area contributed by atoms with Gasteiger partial charge in [-0.3, -0.25) is 0 Å². The van der Waals surface area contributed by atoms with E-state index in [4.69, 9.17) is 10.5 Å². The van der Waals surface area contributed by atoms with E-state index in [-0.39, 0.29) is 0 Å². The summed E-state index contributed by atoms with van der Waals surface area (Å²) in [6.45, 7) is 0. The average Bonchev–Trinajstić information content (AvgIpc) is 2.51. The predicted molar refractivity (Wildman–Crippen MR) is 50.8 cm³/mol. The minimum absolute atomic E-state index is 0.376. The molecular formula is C8H6FN3OS. The number of ether oxygens (including phenoxy) is 1. The molecule has 14 heavy (non-hydrogen) atoms. The summed E-state index contributed by atoms with van der Waals surface area (Å²) in [7, 11) is 0. The van der Waals surface area contributed by atoms with Gasteiger partial charge in [-0.2, -0.15) is 4.39 Å². The number of nitrogens with two attached hydrogens (primary N) is 1. The van der Waals surface area contributed by atoms with Gasteiger partial charge < -0.3 is 10.5 Å². The Hall–Kier alpha value is -1.69. The molecule has 2 rings (SSSR count). The van der Waals surface area contributed by atoms with Gasteiger partial charge in [0.05, 0.1) is 6.20 Å². The van der Waals surface area contributed by atoms with Gasteiger partial charge in [0.1, 0.15) is 5.75 Å². The Kier molecular flexibility index (Phi) is 2.28. The van der Waals surface area contributed by atoms with E-state index in [1.165, 1.54) is 29.8 Å². The largest absolute Gasteiger partial charge is 0.445 e. The number of anilines is 1. The third kappa shape index (κ3) is 1.97. The topological polar surface area (TPSA) is 61.0 Å². The van der Waals surface area contributed by atoms with Gasteiger partial charge in [0.25, 0.3) is 0 Å². The van der Waals surface area contributed by atoms with Crippen LogP contribution in [0.3, 0.4) is 0 Å². The second kappa shape index (κ2) is 3.59. The SMILES string of the molecule is Nc1ncc(Oc2ccnc(F)c2)s1. The molecule has 4 nitrogen and oxygen atoms in total. The molecule has 2 aromatic heterocycles. The maximum atomic E-state index is 12.6. The minimum atomic E-state index is -0.583. The van der Waals surface area contributed by atoms with Gasteiger partial charge in [0.15, 0.2) is 5.13 Å². The van der Waals surface area contributed by atoms with E-state index < -0.39 is 5.95 Å². The summed E-state index contributed by atoms with van der Waals surface area (Å²) in [6.07, 6.45) is 2.81. The number of hydrogen-bond acceptors (Lipinski definition) is 5. The molecule has 2 heterocycles. The fourth-order valence-corrected chi connectivity index (χ4v) is 1.44. The van der Waals surface area contributed by atoms with Crippen LogP contribution in [0.4, 0.5) is 9.52 Å². The van der Waals surface area contributed by atoms with Crippen LogP contribution in [-0.4, -0.2) is 9.97 Å². The standard InChI is InChI=1S/C8H6FN3OS/c9-6-3-5(1-2-11-6)13-7-4-12-8(10)14-7/h1-4H,(H2,10,12). The molecule has 0 aliphatic rings. The zero-order chi connectivity index (χ0) is 9.97. The van der Waals surface area contributed by atoms with Crippen LogP contribution in [0.15, 0.2) is 24.5 Å². The lowest BCUT2D eigenvalue weighted by molar-refractivity contribution is 0.483. The molecule has 0 saturated carbocycles. The summed E-state index contributed by atoms with van der Waals surface area (Å²) in [4.78, 5) is 7.20. The molecule has 72 valence electrons. The molecule has 0 aliphatic heterocycles. The third-order valence-corrected chi connectivity index (χ3v) is 2.12. The Labute approximate surface area is 83.2 Å². The average molecular weight is 211 g/mol. The first-order valence-corrected chi connectivity index (χ1v) is 4.56. The Balaban J connectivity index is 2.18. The fourth-order valence-electron chi connectivity index (χ4n) is 0.884. The molecule has 0 bridgehead atoms. The summed E-state index contributed by atoms with van der Waals surface area (Å²) in [5.41, 5.74) is 5.40. The van der Waals surface area contributed by atoms with E-state index in [1.54, 1.807) is 6.07 Å². The van der Waals surface area contributed by atoms with Crippen molar-refractivity contribution in [2.75, 3.05) is 5.73 Å². The van der Waals surface area contributed by atoms with Crippen molar-refractivity contribution in [3.8, 4) is 10.8 Å². The second-order valence-electron chi connectivity index (χ2n) is 2.43. The normalized spacial score (nSPS) is 10.1. The fraction of sp³-hybridized carbons (Fsp3) is 0. The predicted octanol–water partition coefficient (Wildman–Crippen LogP) is 2.05. The minimum Gasteiger partial charge on any atom is -0.445 e. The first-order chi connectivity index (χ1) is 6.74. The van der Waals surface area contributed by atoms with Crippen molar-refractivity contribution in [3.05, 3.63) is 30.5 Å². The highest BCUT2D eigenvalue weighted by atomic mass is 32.1. The molecular weight excluding hydrogens is 205 g/mol. The zero-order valence-corrected chi connectivity index (χ0v) is 7.79. The first kappa shape index (κ1) is 8.89. The maximum absolute atomic E-state index is 12.6. The monoisotopic (exact) mass is 211 g/mol. The summed E-state index contributed by atoms with van der Waals surface area (Å²) in [5, 5.41) is 0.933. The molecule has 0 aliphatic carbocycles. The van der Waals surface area contributed by atoms with E-state index in [9.17, 15) is 4.39 Å². The van der Waals surface area contributed by atoms with E-state index in [2.05, 4.69) is 9.97 Å². The lowest BCUT2D eigenvalue weighted by Crippen LogP contribution is -1.84. The van der Waals surface area contributed by atoms with Crippen molar-refractivity contribution in [2.24, 2.45) is 0 Å². The number of pyridine rings is 1. The Bertz CT molecular complexity index is 446. The first-order valence-electron chi connectivity index (χ1n) is 3.75. The highest BCUT2D eigenvalue weighted by Gasteiger charge is 2.02. The van der Waals surface area contributed by atoms with Gasteiger partial charge in [-0.1, -0.05) is 11.3 Å². The number of rotatable bonds is 2. The zero-order valence-electron chi connectivity index (χ0n) is 6.98. The van der Waals surface area contributed by atoms with Gasteiger partial charge in [-0.25, -0.2) is 9.97 Å². The summed E-state index contributed by atoms with van der Waals surface area (Å²) < 4.78 is 17.9. The summed E-state index contributed by atoms with van der Waals surface area (Å²) >= 11 is 1.19. The molecule has 0 atom stereocenters. The summed E-state index contributed by atoms with van der Waals surface area (Å²) in [5.74, 6) is -0.207. The number of thiazole rings is 1. The number of nitrogens with zero attached hydrogens (tertiary/aromatic N) is 2. The van der Waals surface area contributed by atoms with E-state index in [0.717, 1.165) is 0 Å². The van der Waals surface area contributed by atoms with Gasteiger partial charge in [0.2, 0.25) is 11.0 Å². The quantitative estimate of drug-likeness (QED) is 0.772. The van der Waals surface area contributed by atoms with Crippen LogP contribution in [0.2, 0.25) is 0 Å². The van der Waals surface area contributed by atoms with Gasteiger partial charge >= 0.3 is 0 Å². The van der Waals surface area contributed by atoms with Crippen molar-refractivity contribution >= 4 is 16.5 Å². The number of halogens is 1. The molecule has 6 heteroatoms. The van der Waals surface area contributed by atoms with Gasteiger partial charge in [-0.05, 0) is 6.07 Å². The number of nitrogen functional groups attached to an aromatic ring is 1. The van der Waals surface area contributed by atoms with Crippen LogP contribution in [-0.2, 0) is 0 Å². The van der Waals surface area contributed by atoms with Crippen molar-refractivity contribution in [1.29, 1.82) is 0 Å². The van der Waals surface area contributed by atoms with Gasteiger partial charge in [0, 0.05) is 12.3 Å². The van der Waals surface area contributed by atoms with Crippen molar-refractivity contribution in [2.45, 2.75) is 0 Å². The molecule has 2 N–H and O–H groups in total. The van der Waals surface area contributed by atoms with Crippen molar-refractivity contribution < 1.29 is 9.13 Å². The molecule has 0 radical (unpaired) electrons. The van der Waals surface area contributed by atoms with Crippen LogP contribution in [0.1, 0.15) is 0 Å². The van der Waals surface area contributed by atoms with Crippen molar-refractivity contribution in [1.82, 2.24) is 9.97 Å². The summed E-state index contributed by atoms with van der Waals surface area (Å²) in [6, 6.07) is 2.74. The molecule has 0 amide bonds. The Morgan fingerprint density at radius 3 is 2.93 bits per heavy atom.